The van der Waals surface area contributed by atoms with Crippen molar-refractivity contribution in [2.24, 2.45) is 5.92 Å². The summed E-state index contributed by atoms with van der Waals surface area (Å²) in [4.78, 5) is 0.0296. The molecule has 4 nitrogen and oxygen atoms in total. The summed E-state index contributed by atoms with van der Waals surface area (Å²) in [5, 5.41) is 3.49. The van der Waals surface area contributed by atoms with Crippen LogP contribution >= 0.6 is 35.6 Å². The highest BCUT2D eigenvalue weighted by atomic mass is 35.5. The first-order chi connectivity index (χ1) is 9.96. The van der Waals surface area contributed by atoms with Crippen LogP contribution in [0.25, 0.3) is 0 Å². The molecule has 1 aromatic rings. The molecule has 1 saturated heterocycles. The van der Waals surface area contributed by atoms with E-state index in [0.29, 0.717) is 19.0 Å². The Balaban J connectivity index is 0.00000242. The van der Waals surface area contributed by atoms with Crippen molar-refractivity contribution in [1.82, 2.24) is 9.62 Å². The average Bonchev–Trinajstić information content (AvgIpc) is 2.45. The third-order valence-corrected chi connectivity index (χ3v) is 6.75. The molecule has 0 radical (unpaired) electrons. The molecule has 1 heterocycles. The summed E-state index contributed by atoms with van der Waals surface area (Å²) in [7, 11) is -1.68. The van der Waals surface area contributed by atoms with Gasteiger partial charge >= 0.3 is 0 Å². The van der Waals surface area contributed by atoms with Crippen LogP contribution < -0.4 is 5.32 Å². The van der Waals surface area contributed by atoms with Crippen molar-refractivity contribution in [2.45, 2.75) is 24.2 Å². The Morgan fingerprint density at radius 1 is 1.23 bits per heavy atom. The maximum Gasteiger partial charge on any atom is 0.246 e. The second kappa shape index (κ2) is 8.71. The Hall–Kier alpha value is -0.0400. The molecule has 0 unspecified atom stereocenters. The lowest BCUT2D eigenvalue weighted by Gasteiger charge is -2.31. The van der Waals surface area contributed by atoms with Crippen molar-refractivity contribution >= 4 is 45.6 Å². The van der Waals surface area contributed by atoms with Crippen LogP contribution in [0.3, 0.4) is 0 Å². The first kappa shape index (κ1) is 20.0. The SMILES string of the molecule is CNCCC1CCN(S(=O)(=O)c2c(Cl)cccc2Cl)CC1.Cl. The van der Waals surface area contributed by atoms with Crippen LogP contribution in [0, 0.1) is 5.92 Å². The van der Waals surface area contributed by atoms with Gasteiger partial charge in [0.1, 0.15) is 4.90 Å². The van der Waals surface area contributed by atoms with E-state index in [9.17, 15) is 8.42 Å². The largest absolute Gasteiger partial charge is 0.320 e. The van der Waals surface area contributed by atoms with E-state index in [1.165, 1.54) is 4.31 Å². The maximum atomic E-state index is 12.7. The molecule has 0 saturated carbocycles. The molecule has 0 bridgehead atoms. The van der Waals surface area contributed by atoms with Gasteiger partial charge in [0.05, 0.1) is 10.0 Å². The van der Waals surface area contributed by atoms with E-state index >= 15 is 0 Å². The summed E-state index contributed by atoms with van der Waals surface area (Å²) in [6.07, 6.45) is 2.84. The molecule has 22 heavy (non-hydrogen) atoms. The standard InChI is InChI=1S/C14H20Cl2N2O2S.ClH/c1-17-8-5-11-6-9-18(10-7-11)21(19,20)14-12(15)3-2-4-13(14)16;/h2-4,11,17H,5-10H2,1H3;1H. The van der Waals surface area contributed by atoms with E-state index in [-0.39, 0.29) is 27.3 Å². The molecule has 0 spiro atoms. The van der Waals surface area contributed by atoms with E-state index in [1.807, 2.05) is 7.05 Å². The van der Waals surface area contributed by atoms with Gasteiger partial charge in [-0.3, -0.25) is 0 Å². The maximum absolute atomic E-state index is 12.7. The summed E-state index contributed by atoms with van der Waals surface area (Å²) in [5.41, 5.74) is 0. The Labute approximate surface area is 148 Å². The van der Waals surface area contributed by atoms with Crippen LogP contribution in [0.5, 0.6) is 0 Å². The monoisotopic (exact) mass is 386 g/mol. The van der Waals surface area contributed by atoms with E-state index in [1.54, 1.807) is 18.2 Å². The number of benzene rings is 1. The van der Waals surface area contributed by atoms with Gasteiger partial charge in [-0.1, -0.05) is 29.3 Å². The van der Waals surface area contributed by atoms with Gasteiger partial charge in [0.25, 0.3) is 0 Å². The van der Waals surface area contributed by atoms with E-state index in [2.05, 4.69) is 5.32 Å². The molecular weight excluding hydrogens is 367 g/mol. The number of nitrogens with zero attached hydrogens (tertiary/aromatic N) is 1. The zero-order valence-electron chi connectivity index (χ0n) is 12.4. The molecule has 8 heteroatoms. The first-order valence-corrected chi connectivity index (χ1v) is 9.25. The van der Waals surface area contributed by atoms with Gasteiger partial charge in [0, 0.05) is 13.1 Å². The normalized spacial score (nSPS) is 17.2. The van der Waals surface area contributed by atoms with Gasteiger partial charge in [0.2, 0.25) is 10.0 Å². The predicted molar refractivity (Wildman–Crippen MR) is 93.7 cm³/mol. The third-order valence-electron chi connectivity index (χ3n) is 3.89. The average molecular weight is 388 g/mol. The van der Waals surface area contributed by atoms with Gasteiger partial charge in [-0.15, -0.1) is 12.4 Å². The Kier molecular flexibility index (Phi) is 7.92. The molecule has 1 aliphatic rings. The molecule has 0 aromatic heterocycles. The van der Waals surface area contributed by atoms with Crippen molar-refractivity contribution < 1.29 is 8.42 Å². The van der Waals surface area contributed by atoms with E-state index in [4.69, 9.17) is 23.2 Å². The number of halogens is 3. The number of rotatable bonds is 5. The molecule has 1 fully saturated rings. The second-order valence-corrected chi connectivity index (χ2v) is 7.98. The minimum atomic E-state index is -3.61. The first-order valence-electron chi connectivity index (χ1n) is 7.05. The number of sulfonamides is 1. The van der Waals surface area contributed by atoms with Gasteiger partial charge < -0.3 is 5.32 Å². The van der Waals surface area contributed by atoms with Crippen LogP contribution in [0.1, 0.15) is 19.3 Å². The molecular formula is C14H21Cl3N2O2S. The van der Waals surface area contributed by atoms with Crippen LogP contribution in [-0.4, -0.2) is 39.4 Å². The topological polar surface area (TPSA) is 49.4 Å². The quantitative estimate of drug-likeness (QED) is 0.842. The van der Waals surface area contributed by atoms with Gasteiger partial charge in [-0.05, 0) is 50.9 Å². The number of piperidine rings is 1. The smallest absolute Gasteiger partial charge is 0.246 e. The highest BCUT2D eigenvalue weighted by Gasteiger charge is 2.32. The lowest BCUT2D eigenvalue weighted by molar-refractivity contribution is 0.263. The highest BCUT2D eigenvalue weighted by molar-refractivity contribution is 7.89. The fraction of sp³-hybridized carbons (Fsp3) is 0.571. The molecule has 0 atom stereocenters. The predicted octanol–water partition coefficient (Wildman–Crippen LogP) is 3.43. The van der Waals surface area contributed by atoms with Crippen LogP contribution in [0.2, 0.25) is 10.0 Å². The van der Waals surface area contributed by atoms with E-state index < -0.39 is 10.0 Å². The van der Waals surface area contributed by atoms with Crippen molar-refractivity contribution in [1.29, 1.82) is 0 Å². The Morgan fingerprint density at radius 3 is 2.27 bits per heavy atom. The molecule has 126 valence electrons. The number of hydrogen-bond acceptors (Lipinski definition) is 3. The fourth-order valence-electron chi connectivity index (χ4n) is 2.64. The summed E-state index contributed by atoms with van der Waals surface area (Å²) in [6, 6.07) is 4.76. The molecule has 1 aromatic carbocycles. The minimum absolute atomic E-state index is 0. The second-order valence-electron chi connectivity index (χ2n) is 5.29. The van der Waals surface area contributed by atoms with Crippen LogP contribution in [0.4, 0.5) is 0 Å². The van der Waals surface area contributed by atoms with Crippen LogP contribution in [0.15, 0.2) is 23.1 Å². The molecule has 1 N–H and O–H groups in total. The summed E-state index contributed by atoms with van der Waals surface area (Å²) in [5.74, 6) is 0.575. The van der Waals surface area contributed by atoms with Gasteiger partial charge in [-0.25, -0.2) is 8.42 Å². The minimum Gasteiger partial charge on any atom is -0.320 e. The highest BCUT2D eigenvalue weighted by Crippen LogP contribution is 2.33. The summed E-state index contributed by atoms with van der Waals surface area (Å²) in [6.45, 7) is 2.02. The lowest BCUT2D eigenvalue weighted by atomic mass is 9.95. The van der Waals surface area contributed by atoms with Gasteiger partial charge in [-0.2, -0.15) is 4.31 Å². The fourth-order valence-corrected chi connectivity index (χ4v) is 5.21. The Bertz CT molecular complexity index is 568. The molecule has 1 aliphatic heterocycles. The van der Waals surface area contributed by atoms with Crippen molar-refractivity contribution in [3.05, 3.63) is 28.2 Å². The number of nitrogens with one attached hydrogen (secondary N) is 1. The molecule has 0 amide bonds. The van der Waals surface area contributed by atoms with Gasteiger partial charge in [0.15, 0.2) is 0 Å². The summed E-state index contributed by atoms with van der Waals surface area (Å²) >= 11 is 12.1. The zero-order valence-corrected chi connectivity index (χ0v) is 15.5. The third kappa shape index (κ3) is 4.49. The van der Waals surface area contributed by atoms with Crippen LogP contribution in [-0.2, 0) is 10.0 Å². The summed E-state index contributed by atoms with van der Waals surface area (Å²) < 4.78 is 26.9. The molecule has 2 rings (SSSR count). The van der Waals surface area contributed by atoms with Crippen molar-refractivity contribution in [3.8, 4) is 0 Å². The van der Waals surface area contributed by atoms with Crippen molar-refractivity contribution in [2.75, 3.05) is 26.7 Å². The van der Waals surface area contributed by atoms with Crippen molar-refractivity contribution in [3.63, 3.8) is 0 Å². The number of hydrogen-bond donors (Lipinski definition) is 1. The lowest BCUT2D eigenvalue weighted by Crippen LogP contribution is -2.39. The Morgan fingerprint density at radius 2 is 1.77 bits per heavy atom. The van der Waals surface area contributed by atoms with E-state index in [0.717, 1.165) is 25.8 Å². The zero-order chi connectivity index (χ0) is 15.5. The molecule has 0 aliphatic carbocycles.